The van der Waals surface area contributed by atoms with Crippen molar-refractivity contribution in [3.63, 3.8) is 0 Å². The zero-order valence-electron chi connectivity index (χ0n) is 14.4. The van der Waals surface area contributed by atoms with Crippen LogP contribution in [0.5, 0.6) is 0 Å². The fourth-order valence-electron chi connectivity index (χ4n) is 2.29. The van der Waals surface area contributed by atoms with Gasteiger partial charge in [-0.1, -0.05) is 41.1 Å². The van der Waals surface area contributed by atoms with Crippen molar-refractivity contribution in [1.82, 2.24) is 10.2 Å². The lowest BCUT2D eigenvalue weighted by Crippen LogP contribution is -2.13. The maximum Gasteiger partial charge on any atom is 0.291 e. The Bertz CT molecular complexity index is 1110. The van der Waals surface area contributed by atoms with Gasteiger partial charge in [0.15, 0.2) is 0 Å². The van der Waals surface area contributed by atoms with Gasteiger partial charge in [-0.15, -0.1) is 10.2 Å². The van der Waals surface area contributed by atoms with Crippen LogP contribution >= 0.6 is 22.9 Å². The largest absolute Gasteiger partial charge is 0.296 e. The number of anilines is 2. The fraction of sp³-hybridized carbons (Fsp3) is 0.118. The molecule has 3 aromatic rings. The summed E-state index contributed by atoms with van der Waals surface area (Å²) >= 11 is 6.65. The van der Waals surface area contributed by atoms with Crippen LogP contribution in [0, 0.1) is 13.8 Å². The molecule has 1 heterocycles. The Kier molecular flexibility index (Phi) is 5.45. The molecule has 2 N–H and O–H groups in total. The van der Waals surface area contributed by atoms with E-state index in [4.69, 9.17) is 11.6 Å². The number of hydrogen-bond donors (Lipinski definition) is 2. The van der Waals surface area contributed by atoms with Crippen LogP contribution in [-0.4, -0.2) is 24.5 Å². The lowest BCUT2D eigenvalue weighted by atomic mass is 10.1. The molecule has 0 radical (unpaired) electrons. The number of aromatic nitrogens is 2. The summed E-state index contributed by atoms with van der Waals surface area (Å²) in [6, 6.07) is 11.9. The minimum absolute atomic E-state index is 0.0939. The number of sulfonamides is 1. The summed E-state index contributed by atoms with van der Waals surface area (Å²) in [5, 5.41) is 10.6. The van der Waals surface area contributed by atoms with Gasteiger partial charge < -0.3 is 0 Å². The van der Waals surface area contributed by atoms with Gasteiger partial charge in [0.2, 0.25) is 5.13 Å². The van der Waals surface area contributed by atoms with Crippen molar-refractivity contribution in [2.75, 3.05) is 10.0 Å². The molecule has 0 aliphatic rings. The van der Waals surface area contributed by atoms with E-state index in [1.165, 1.54) is 0 Å². The monoisotopic (exact) mass is 422 g/mol. The quantitative estimate of drug-likeness (QED) is 0.608. The van der Waals surface area contributed by atoms with Gasteiger partial charge in [-0.25, -0.2) is 0 Å². The van der Waals surface area contributed by atoms with Gasteiger partial charge in [-0.3, -0.25) is 14.8 Å². The van der Waals surface area contributed by atoms with Crippen molar-refractivity contribution in [1.29, 1.82) is 0 Å². The summed E-state index contributed by atoms with van der Waals surface area (Å²) in [7, 11) is -3.94. The van der Waals surface area contributed by atoms with Crippen LogP contribution in [0.25, 0.3) is 0 Å². The highest BCUT2D eigenvalue weighted by atomic mass is 35.5. The smallest absolute Gasteiger partial charge is 0.291 e. The fourth-order valence-corrected chi connectivity index (χ4v) is 4.54. The highest BCUT2D eigenvalue weighted by molar-refractivity contribution is 7.94. The Morgan fingerprint density at radius 3 is 2.52 bits per heavy atom. The third-order valence-corrected chi connectivity index (χ3v) is 6.49. The van der Waals surface area contributed by atoms with E-state index in [9.17, 15) is 13.2 Å². The Labute approximate surface area is 165 Å². The van der Waals surface area contributed by atoms with Crippen LogP contribution in [0.4, 0.5) is 10.8 Å². The Morgan fingerprint density at radius 2 is 1.81 bits per heavy atom. The highest BCUT2D eigenvalue weighted by Crippen LogP contribution is 2.26. The predicted molar refractivity (Wildman–Crippen MR) is 106 cm³/mol. The molecule has 0 spiro atoms. The van der Waals surface area contributed by atoms with Crippen LogP contribution in [0.3, 0.4) is 0 Å². The second kappa shape index (κ2) is 7.63. The van der Waals surface area contributed by atoms with E-state index in [2.05, 4.69) is 20.2 Å². The third-order valence-electron chi connectivity index (χ3n) is 3.68. The minimum atomic E-state index is -3.94. The van der Waals surface area contributed by atoms with Gasteiger partial charge in [0.1, 0.15) is 0 Å². The van der Waals surface area contributed by atoms with Crippen molar-refractivity contribution in [2.24, 2.45) is 0 Å². The second-order valence-electron chi connectivity index (χ2n) is 5.71. The zero-order chi connectivity index (χ0) is 19.6. The van der Waals surface area contributed by atoms with E-state index in [-0.39, 0.29) is 15.4 Å². The van der Waals surface area contributed by atoms with Crippen LogP contribution in [0.2, 0.25) is 5.02 Å². The summed E-state index contributed by atoms with van der Waals surface area (Å²) in [6.45, 7) is 3.54. The maximum atomic E-state index is 12.5. The van der Waals surface area contributed by atoms with Crippen molar-refractivity contribution in [3.05, 3.63) is 64.2 Å². The van der Waals surface area contributed by atoms with E-state index in [0.717, 1.165) is 16.9 Å². The molecule has 27 heavy (non-hydrogen) atoms. The third kappa shape index (κ3) is 4.44. The average Bonchev–Trinajstić information content (AvgIpc) is 3.07. The minimum Gasteiger partial charge on any atom is -0.296 e. The number of amides is 1. The van der Waals surface area contributed by atoms with Crippen LogP contribution in [0.1, 0.15) is 21.5 Å². The number of nitrogens with zero attached hydrogens (tertiary/aromatic N) is 2. The van der Waals surface area contributed by atoms with Gasteiger partial charge in [0, 0.05) is 10.6 Å². The molecule has 140 valence electrons. The van der Waals surface area contributed by atoms with Crippen molar-refractivity contribution in [3.8, 4) is 0 Å². The molecule has 2 aromatic carbocycles. The van der Waals surface area contributed by atoms with Gasteiger partial charge >= 0.3 is 0 Å². The Morgan fingerprint density at radius 1 is 1.07 bits per heavy atom. The molecule has 0 aliphatic carbocycles. The van der Waals surface area contributed by atoms with Crippen LogP contribution < -0.4 is 10.0 Å². The number of hydrogen-bond acceptors (Lipinski definition) is 6. The van der Waals surface area contributed by atoms with Crippen LogP contribution in [0.15, 0.2) is 46.8 Å². The molecule has 0 saturated heterocycles. The van der Waals surface area contributed by atoms with E-state index >= 15 is 0 Å². The predicted octanol–water partition coefficient (Wildman–Crippen LogP) is 3.86. The first-order valence-electron chi connectivity index (χ1n) is 7.76. The molecule has 7 nitrogen and oxygen atoms in total. The molecule has 0 unspecified atom stereocenters. The molecule has 0 saturated carbocycles. The van der Waals surface area contributed by atoms with E-state index < -0.39 is 10.0 Å². The van der Waals surface area contributed by atoms with E-state index in [1.807, 2.05) is 19.1 Å². The molecular formula is C17H15ClN4O3S2. The van der Waals surface area contributed by atoms with E-state index in [0.29, 0.717) is 21.8 Å². The normalized spacial score (nSPS) is 11.2. The van der Waals surface area contributed by atoms with Crippen LogP contribution in [-0.2, 0) is 10.0 Å². The first-order valence-corrected chi connectivity index (χ1v) is 10.4. The van der Waals surface area contributed by atoms with Gasteiger partial charge in [0.05, 0.1) is 5.69 Å². The molecule has 3 rings (SSSR count). The lowest BCUT2D eigenvalue weighted by Gasteiger charge is -2.08. The van der Waals surface area contributed by atoms with Gasteiger partial charge in [-0.2, -0.15) is 8.42 Å². The van der Waals surface area contributed by atoms with Gasteiger partial charge in [0.25, 0.3) is 20.3 Å². The average molecular weight is 423 g/mol. The number of halogens is 1. The second-order valence-corrected chi connectivity index (χ2v) is 8.98. The molecular weight excluding hydrogens is 408 g/mol. The van der Waals surface area contributed by atoms with Gasteiger partial charge in [-0.05, 0) is 49.2 Å². The summed E-state index contributed by atoms with van der Waals surface area (Å²) in [6.07, 6.45) is 0. The molecule has 0 atom stereocenters. The number of benzene rings is 2. The summed E-state index contributed by atoms with van der Waals surface area (Å²) in [4.78, 5) is 12.3. The maximum absolute atomic E-state index is 12.5. The molecule has 10 heteroatoms. The van der Waals surface area contributed by atoms with E-state index in [1.54, 1.807) is 37.3 Å². The molecule has 0 aliphatic heterocycles. The topological polar surface area (TPSA) is 101 Å². The zero-order valence-corrected chi connectivity index (χ0v) is 16.7. The Hall–Kier alpha value is -2.49. The number of nitrogens with one attached hydrogen (secondary N) is 2. The standard InChI is InChI=1S/C17H15ClN4O3S2/c1-10-5-3-4-6-13(10)15(23)19-16-20-21-17(26-16)27(24,25)22-14-8-7-12(18)9-11(14)2/h3-9,22H,1-2H3,(H,19,20,23). The van der Waals surface area contributed by atoms with Crippen molar-refractivity contribution >= 4 is 49.7 Å². The summed E-state index contributed by atoms with van der Waals surface area (Å²) in [5.41, 5.74) is 2.34. The Balaban J connectivity index is 1.78. The first-order chi connectivity index (χ1) is 12.8. The number of aryl methyl sites for hydroxylation is 2. The first kappa shape index (κ1) is 19.3. The number of rotatable bonds is 5. The van der Waals surface area contributed by atoms with Crippen molar-refractivity contribution in [2.45, 2.75) is 18.2 Å². The summed E-state index contributed by atoms with van der Waals surface area (Å²) < 4.78 is 27.2. The number of carbonyl (C=O) groups is 1. The highest BCUT2D eigenvalue weighted by Gasteiger charge is 2.22. The number of carbonyl (C=O) groups excluding carboxylic acids is 1. The molecule has 0 bridgehead atoms. The molecule has 1 amide bonds. The summed E-state index contributed by atoms with van der Waals surface area (Å²) in [5.74, 6) is -0.380. The lowest BCUT2D eigenvalue weighted by molar-refractivity contribution is 0.102. The van der Waals surface area contributed by atoms with Crippen molar-refractivity contribution < 1.29 is 13.2 Å². The SMILES string of the molecule is Cc1cc(Cl)ccc1NS(=O)(=O)c1nnc(NC(=O)c2ccccc2C)s1. The molecule has 1 aromatic heterocycles. The molecule has 0 fully saturated rings.